The van der Waals surface area contributed by atoms with E-state index in [4.69, 9.17) is 4.42 Å². The van der Waals surface area contributed by atoms with Gasteiger partial charge in [0, 0.05) is 24.1 Å². The highest BCUT2D eigenvalue weighted by atomic mass is 16.6. The molecule has 0 aliphatic carbocycles. The highest BCUT2D eigenvalue weighted by molar-refractivity contribution is 6.16. The Labute approximate surface area is 202 Å². The van der Waals surface area contributed by atoms with E-state index < -0.39 is 28.4 Å². The maximum atomic E-state index is 13.5. The zero-order valence-electron chi connectivity index (χ0n) is 19.6. The number of fused-ring (bicyclic) bond motifs is 1. The molecule has 2 heterocycles. The van der Waals surface area contributed by atoms with Crippen molar-refractivity contribution >= 4 is 28.3 Å². The van der Waals surface area contributed by atoms with E-state index in [-0.39, 0.29) is 17.0 Å². The number of amides is 1. The number of hydrogen-bond acceptors (Lipinski definition) is 7. The second-order valence-electron chi connectivity index (χ2n) is 8.37. The van der Waals surface area contributed by atoms with Crippen molar-refractivity contribution in [3.63, 3.8) is 0 Å². The zero-order valence-corrected chi connectivity index (χ0v) is 19.6. The summed E-state index contributed by atoms with van der Waals surface area (Å²) in [6.45, 7) is 6.91. The molecule has 4 rings (SSSR count). The molecule has 9 nitrogen and oxygen atoms in total. The lowest BCUT2D eigenvalue weighted by molar-refractivity contribution is -0.384. The van der Waals surface area contributed by atoms with E-state index in [1.54, 1.807) is 24.3 Å². The molecule has 1 aliphatic heterocycles. The fourth-order valence-electron chi connectivity index (χ4n) is 4.47. The number of carbonyl (C=O) groups excluding carboxylic acids is 2. The fraction of sp³-hybridized carbons (Fsp3) is 0.308. The number of nitro benzene ring substituents is 1. The van der Waals surface area contributed by atoms with Crippen LogP contribution < -0.4 is 0 Å². The van der Waals surface area contributed by atoms with Crippen molar-refractivity contribution in [2.24, 2.45) is 0 Å². The summed E-state index contributed by atoms with van der Waals surface area (Å²) in [6, 6.07) is 13.5. The van der Waals surface area contributed by atoms with Gasteiger partial charge in [0.15, 0.2) is 11.5 Å². The van der Waals surface area contributed by atoms with Gasteiger partial charge >= 0.3 is 0 Å². The molecule has 1 amide bonds. The first kappa shape index (κ1) is 24.2. The average Bonchev–Trinajstić information content (AvgIpc) is 3.41. The number of hydrogen-bond donors (Lipinski definition) is 1. The Morgan fingerprint density at radius 3 is 2.46 bits per heavy atom. The minimum Gasteiger partial charge on any atom is -0.503 e. The van der Waals surface area contributed by atoms with Gasteiger partial charge < -0.3 is 19.3 Å². The largest absolute Gasteiger partial charge is 0.503 e. The van der Waals surface area contributed by atoms with Gasteiger partial charge in [0.1, 0.15) is 5.58 Å². The Bertz CT molecular complexity index is 1260. The normalized spacial score (nSPS) is 16.0. The number of ketones is 1. The van der Waals surface area contributed by atoms with Crippen molar-refractivity contribution in [2.75, 3.05) is 26.2 Å². The van der Waals surface area contributed by atoms with E-state index in [1.807, 2.05) is 6.07 Å². The number of rotatable bonds is 10. The lowest BCUT2D eigenvalue weighted by atomic mass is 9.94. The van der Waals surface area contributed by atoms with Crippen LogP contribution in [0.15, 0.2) is 70.3 Å². The van der Waals surface area contributed by atoms with E-state index >= 15 is 0 Å². The van der Waals surface area contributed by atoms with E-state index in [0.717, 1.165) is 25.0 Å². The molecule has 0 bridgehead atoms. The Kier molecular flexibility index (Phi) is 6.97. The summed E-state index contributed by atoms with van der Waals surface area (Å²) in [6.07, 6.45) is 0.635. The summed E-state index contributed by atoms with van der Waals surface area (Å²) in [5.74, 6) is -1.85. The first-order valence-corrected chi connectivity index (χ1v) is 11.6. The van der Waals surface area contributed by atoms with E-state index in [9.17, 15) is 24.8 Å². The van der Waals surface area contributed by atoms with Crippen LogP contribution in [-0.2, 0) is 4.79 Å². The summed E-state index contributed by atoms with van der Waals surface area (Å²) in [4.78, 5) is 40.9. The molecule has 9 heteroatoms. The maximum absolute atomic E-state index is 13.5. The zero-order chi connectivity index (χ0) is 25.1. The topological polar surface area (TPSA) is 117 Å². The van der Waals surface area contributed by atoms with E-state index in [2.05, 4.69) is 18.7 Å². The van der Waals surface area contributed by atoms with Gasteiger partial charge in [-0.2, -0.15) is 0 Å². The summed E-state index contributed by atoms with van der Waals surface area (Å²) in [5.41, 5.74) is 0.814. The molecule has 1 aromatic heterocycles. The Morgan fingerprint density at radius 2 is 1.83 bits per heavy atom. The maximum Gasteiger partial charge on any atom is 0.290 e. The predicted octanol–water partition coefficient (Wildman–Crippen LogP) is 4.65. The standard InChI is InChI=1S/C26H27N3O6/c1-3-27(4-2)14-7-15-28-23(17-10-12-19(13-11-17)29(33)34)22(25(31)26(28)32)24(30)21-16-18-8-5-6-9-20(18)35-21/h5-6,8-13,16,23,31H,3-4,7,14-15H2,1-2H3. The van der Waals surface area contributed by atoms with Crippen LogP contribution in [0.1, 0.15) is 42.4 Å². The van der Waals surface area contributed by atoms with Crippen LogP contribution >= 0.6 is 0 Å². The smallest absolute Gasteiger partial charge is 0.290 e. The van der Waals surface area contributed by atoms with Gasteiger partial charge in [0.2, 0.25) is 5.78 Å². The molecule has 0 spiro atoms. The molecule has 1 N–H and O–H groups in total. The second-order valence-corrected chi connectivity index (χ2v) is 8.37. The lowest BCUT2D eigenvalue weighted by Crippen LogP contribution is -2.34. The summed E-state index contributed by atoms with van der Waals surface area (Å²) in [7, 11) is 0. The van der Waals surface area contributed by atoms with Gasteiger partial charge in [-0.3, -0.25) is 19.7 Å². The van der Waals surface area contributed by atoms with Crippen molar-refractivity contribution < 1.29 is 24.0 Å². The predicted molar refractivity (Wildman–Crippen MR) is 130 cm³/mol. The van der Waals surface area contributed by atoms with Crippen molar-refractivity contribution in [1.29, 1.82) is 0 Å². The monoisotopic (exact) mass is 477 g/mol. The van der Waals surface area contributed by atoms with Crippen LogP contribution in [0.3, 0.4) is 0 Å². The van der Waals surface area contributed by atoms with Crippen molar-refractivity contribution in [3.05, 3.63) is 87.4 Å². The molecule has 3 aromatic rings. The average molecular weight is 478 g/mol. The second kappa shape index (κ2) is 10.1. The quantitative estimate of drug-likeness (QED) is 0.257. The van der Waals surface area contributed by atoms with Crippen molar-refractivity contribution in [2.45, 2.75) is 26.3 Å². The highest BCUT2D eigenvalue weighted by Crippen LogP contribution is 2.40. The third kappa shape index (κ3) is 4.67. The van der Waals surface area contributed by atoms with Gasteiger partial charge in [-0.15, -0.1) is 0 Å². The minimum absolute atomic E-state index is 0.0115. The molecular formula is C26H27N3O6. The molecule has 1 unspecified atom stereocenters. The minimum atomic E-state index is -0.888. The molecule has 182 valence electrons. The number of para-hydroxylation sites is 1. The van der Waals surface area contributed by atoms with Gasteiger partial charge in [0.05, 0.1) is 16.5 Å². The first-order chi connectivity index (χ1) is 16.8. The number of non-ortho nitro benzene ring substituents is 1. The number of carbonyl (C=O) groups is 2. The number of aliphatic hydroxyl groups excluding tert-OH is 1. The number of benzene rings is 2. The third-order valence-corrected chi connectivity index (χ3v) is 6.39. The molecule has 2 aromatic carbocycles. The molecule has 0 saturated heterocycles. The van der Waals surface area contributed by atoms with Crippen LogP contribution in [0.5, 0.6) is 0 Å². The van der Waals surface area contributed by atoms with Crippen LogP contribution in [0.2, 0.25) is 0 Å². The first-order valence-electron chi connectivity index (χ1n) is 11.6. The van der Waals surface area contributed by atoms with Crippen LogP contribution in [0.25, 0.3) is 11.0 Å². The van der Waals surface area contributed by atoms with Gasteiger partial charge in [0.25, 0.3) is 11.6 Å². The molecule has 0 fully saturated rings. The van der Waals surface area contributed by atoms with Crippen molar-refractivity contribution in [1.82, 2.24) is 9.80 Å². The molecule has 35 heavy (non-hydrogen) atoms. The summed E-state index contributed by atoms with van der Waals surface area (Å²) >= 11 is 0. The molecule has 1 atom stereocenters. The van der Waals surface area contributed by atoms with Crippen LogP contribution in [0, 0.1) is 10.1 Å². The van der Waals surface area contributed by atoms with E-state index in [1.165, 1.54) is 29.2 Å². The molecule has 0 radical (unpaired) electrons. The molecule has 0 saturated carbocycles. The van der Waals surface area contributed by atoms with E-state index in [0.29, 0.717) is 24.1 Å². The molecular weight excluding hydrogens is 450 g/mol. The lowest BCUT2D eigenvalue weighted by Gasteiger charge is -2.28. The number of Topliss-reactive ketones (excluding diaryl/α,β-unsaturated/α-hetero) is 1. The third-order valence-electron chi connectivity index (χ3n) is 6.39. The fourth-order valence-corrected chi connectivity index (χ4v) is 4.47. The van der Waals surface area contributed by atoms with Gasteiger partial charge in [-0.1, -0.05) is 32.0 Å². The van der Waals surface area contributed by atoms with Crippen LogP contribution in [0.4, 0.5) is 5.69 Å². The van der Waals surface area contributed by atoms with Gasteiger partial charge in [-0.25, -0.2) is 0 Å². The van der Waals surface area contributed by atoms with Crippen LogP contribution in [-0.4, -0.2) is 57.7 Å². The summed E-state index contributed by atoms with van der Waals surface area (Å²) in [5, 5.41) is 22.7. The summed E-state index contributed by atoms with van der Waals surface area (Å²) < 4.78 is 5.72. The molecule has 1 aliphatic rings. The van der Waals surface area contributed by atoms with Gasteiger partial charge in [-0.05, 0) is 55.9 Å². The Morgan fingerprint density at radius 1 is 1.14 bits per heavy atom. The Balaban J connectivity index is 1.71. The SMILES string of the molecule is CCN(CC)CCCN1C(=O)C(O)=C(C(=O)c2cc3ccccc3o2)C1c1ccc([N+](=O)[O-])cc1. The number of furan rings is 1. The Hall–Kier alpha value is -3.98. The highest BCUT2D eigenvalue weighted by Gasteiger charge is 2.44. The number of nitro groups is 1. The number of nitrogens with zero attached hydrogens (tertiary/aromatic N) is 3. The van der Waals surface area contributed by atoms with Crippen molar-refractivity contribution in [3.8, 4) is 0 Å². The number of aliphatic hydroxyl groups is 1.